The first-order valence-electron chi connectivity index (χ1n) is 9.12. The van der Waals surface area contributed by atoms with Crippen LogP contribution in [0.4, 0.5) is 0 Å². The van der Waals surface area contributed by atoms with Crippen LogP contribution in [0.2, 0.25) is 0 Å². The maximum Gasteiger partial charge on any atom is 0.0541 e. The number of unbranched alkanes of at least 4 members (excludes halogenated alkanes) is 4. The molecule has 0 amide bonds. The topological polar surface area (TPSA) is 63.8 Å². The van der Waals surface area contributed by atoms with Gasteiger partial charge in [-0.2, -0.15) is 0 Å². The molecule has 1 unspecified atom stereocenters. The molecule has 0 saturated carbocycles. The largest absolute Gasteiger partial charge is 0.330 e. The van der Waals surface area contributed by atoms with Crippen molar-refractivity contribution < 1.29 is 0 Å². The van der Waals surface area contributed by atoms with E-state index in [1.54, 1.807) is 0 Å². The molecule has 0 aliphatic rings. The van der Waals surface area contributed by atoms with Crippen molar-refractivity contribution in [3.63, 3.8) is 0 Å². The maximum atomic E-state index is 5.55. The van der Waals surface area contributed by atoms with E-state index in [1.165, 1.54) is 32.1 Å². The van der Waals surface area contributed by atoms with Gasteiger partial charge in [-0.15, -0.1) is 0 Å². The summed E-state index contributed by atoms with van der Waals surface area (Å²) in [6.07, 6.45) is 12.1. The molecule has 4 heteroatoms. The molecule has 0 saturated heterocycles. The highest BCUT2D eigenvalue weighted by atomic mass is 14.9. The Bertz CT molecular complexity index is 530. The molecule has 0 aliphatic heterocycles. The SMILES string of the molecule is NCCCCCCCC(Cc1ccccn1)NCc1ccccn1. The molecule has 1 atom stereocenters. The van der Waals surface area contributed by atoms with E-state index in [2.05, 4.69) is 33.5 Å². The average molecular weight is 326 g/mol. The first-order chi connectivity index (χ1) is 11.9. The minimum atomic E-state index is 0.441. The molecule has 24 heavy (non-hydrogen) atoms. The Morgan fingerprint density at radius 3 is 2.17 bits per heavy atom. The molecule has 3 N–H and O–H groups in total. The second-order valence-corrected chi connectivity index (χ2v) is 6.27. The fourth-order valence-electron chi connectivity index (χ4n) is 2.86. The lowest BCUT2D eigenvalue weighted by molar-refractivity contribution is 0.444. The van der Waals surface area contributed by atoms with Crippen LogP contribution in [0.25, 0.3) is 0 Å². The Balaban J connectivity index is 1.79. The van der Waals surface area contributed by atoms with Gasteiger partial charge in [-0.1, -0.05) is 37.8 Å². The summed E-state index contributed by atoms with van der Waals surface area (Å²) in [5.74, 6) is 0. The number of hydrogen-bond donors (Lipinski definition) is 2. The molecule has 0 bridgehead atoms. The van der Waals surface area contributed by atoms with Crippen LogP contribution in [-0.2, 0) is 13.0 Å². The number of aromatic nitrogens is 2. The quantitative estimate of drug-likeness (QED) is 0.586. The van der Waals surface area contributed by atoms with Gasteiger partial charge in [0.15, 0.2) is 0 Å². The number of pyridine rings is 2. The van der Waals surface area contributed by atoms with Crippen LogP contribution >= 0.6 is 0 Å². The van der Waals surface area contributed by atoms with Gasteiger partial charge < -0.3 is 11.1 Å². The summed E-state index contributed by atoms with van der Waals surface area (Å²) >= 11 is 0. The van der Waals surface area contributed by atoms with Crippen molar-refractivity contribution in [2.45, 2.75) is 57.5 Å². The third-order valence-electron chi connectivity index (χ3n) is 4.24. The van der Waals surface area contributed by atoms with Crippen LogP contribution < -0.4 is 11.1 Å². The van der Waals surface area contributed by atoms with Crippen LogP contribution in [0.15, 0.2) is 48.8 Å². The fourth-order valence-corrected chi connectivity index (χ4v) is 2.86. The van der Waals surface area contributed by atoms with E-state index in [1.807, 2.05) is 30.6 Å². The van der Waals surface area contributed by atoms with E-state index in [9.17, 15) is 0 Å². The normalized spacial score (nSPS) is 12.2. The summed E-state index contributed by atoms with van der Waals surface area (Å²) in [5, 5.41) is 3.66. The zero-order valence-corrected chi connectivity index (χ0v) is 14.5. The van der Waals surface area contributed by atoms with Gasteiger partial charge in [-0.25, -0.2) is 0 Å². The maximum absolute atomic E-state index is 5.55. The number of nitrogens with one attached hydrogen (secondary N) is 1. The highest BCUT2D eigenvalue weighted by molar-refractivity contribution is 5.06. The van der Waals surface area contributed by atoms with Crippen molar-refractivity contribution in [3.8, 4) is 0 Å². The highest BCUT2D eigenvalue weighted by Gasteiger charge is 2.10. The van der Waals surface area contributed by atoms with Crippen LogP contribution in [-0.4, -0.2) is 22.6 Å². The lowest BCUT2D eigenvalue weighted by Gasteiger charge is -2.18. The summed E-state index contributed by atoms with van der Waals surface area (Å²) in [5.41, 5.74) is 7.79. The number of nitrogens with zero attached hydrogens (tertiary/aromatic N) is 2. The summed E-state index contributed by atoms with van der Waals surface area (Å²) in [4.78, 5) is 8.87. The van der Waals surface area contributed by atoms with Gasteiger partial charge in [0.1, 0.15) is 0 Å². The monoisotopic (exact) mass is 326 g/mol. The standard InChI is InChI=1S/C20H30N4/c21-13-7-3-1-2-4-10-19(16-18-11-5-8-14-22-18)24-17-20-12-6-9-15-23-20/h5-6,8-9,11-12,14-15,19,24H,1-4,7,10,13,16-17,21H2. The Morgan fingerprint density at radius 1 is 0.833 bits per heavy atom. The van der Waals surface area contributed by atoms with Crippen molar-refractivity contribution in [1.29, 1.82) is 0 Å². The number of hydrogen-bond acceptors (Lipinski definition) is 4. The molecule has 2 aromatic heterocycles. The smallest absolute Gasteiger partial charge is 0.0541 e. The molecule has 0 aromatic carbocycles. The second kappa shape index (κ2) is 11.7. The molecule has 2 aromatic rings. The molecule has 0 aliphatic carbocycles. The van der Waals surface area contributed by atoms with Gasteiger partial charge in [0.25, 0.3) is 0 Å². The van der Waals surface area contributed by atoms with Gasteiger partial charge in [-0.3, -0.25) is 9.97 Å². The molecule has 4 nitrogen and oxygen atoms in total. The third kappa shape index (κ3) is 7.66. The van der Waals surface area contributed by atoms with E-state index in [0.717, 1.165) is 37.3 Å². The van der Waals surface area contributed by atoms with Gasteiger partial charge in [0, 0.05) is 37.1 Å². The minimum absolute atomic E-state index is 0.441. The molecule has 0 radical (unpaired) electrons. The molecule has 0 spiro atoms. The van der Waals surface area contributed by atoms with Crippen molar-refractivity contribution in [3.05, 3.63) is 60.2 Å². The first kappa shape index (κ1) is 18.6. The van der Waals surface area contributed by atoms with Crippen molar-refractivity contribution in [2.75, 3.05) is 6.54 Å². The minimum Gasteiger partial charge on any atom is -0.330 e. The summed E-state index contributed by atoms with van der Waals surface area (Å²) < 4.78 is 0. The molecular formula is C20H30N4. The summed E-state index contributed by atoms with van der Waals surface area (Å²) in [6.45, 7) is 1.62. The predicted octanol–water partition coefficient (Wildman–Crippen LogP) is 3.48. The second-order valence-electron chi connectivity index (χ2n) is 6.27. The Hall–Kier alpha value is -1.78. The van der Waals surface area contributed by atoms with Gasteiger partial charge in [0.2, 0.25) is 0 Å². The van der Waals surface area contributed by atoms with E-state index in [4.69, 9.17) is 5.73 Å². The predicted molar refractivity (Wildman–Crippen MR) is 99.6 cm³/mol. The number of rotatable bonds is 12. The summed E-state index contributed by atoms with van der Waals surface area (Å²) in [6, 6.07) is 12.6. The Labute approximate surface area is 145 Å². The van der Waals surface area contributed by atoms with E-state index in [0.29, 0.717) is 6.04 Å². The lowest BCUT2D eigenvalue weighted by atomic mass is 10.0. The van der Waals surface area contributed by atoms with Crippen molar-refractivity contribution >= 4 is 0 Å². The van der Waals surface area contributed by atoms with E-state index < -0.39 is 0 Å². The van der Waals surface area contributed by atoms with Crippen molar-refractivity contribution in [1.82, 2.24) is 15.3 Å². The molecular weight excluding hydrogens is 296 g/mol. The highest BCUT2D eigenvalue weighted by Crippen LogP contribution is 2.11. The summed E-state index contributed by atoms with van der Waals surface area (Å²) in [7, 11) is 0. The van der Waals surface area contributed by atoms with Crippen LogP contribution in [0.1, 0.15) is 49.9 Å². The van der Waals surface area contributed by atoms with Crippen LogP contribution in [0.5, 0.6) is 0 Å². The molecule has 2 heterocycles. The fraction of sp³-hybridized carbons (Fsp3) is 0.500. The molecule has 0 fully saturated rings. The first-order valence-corrected chi connectivity index (χ1v) is 9.12. The lowest BCUT2D eigenvalue weighted by Crippen LogP contribution is -2.31. The van der Waals surface area contributed by atoms with Crippen LogP contribution in [0.3, 0.4) is 0 Å². The average Bonchev–Trinajstić information content (AvgIpc) is 2.64. The van der Waals surface area contributed by atoms with Gasteiger partial charge in [0.05, 0.1) is 5.69 Å². The zero-order valence-electron chi connectivity index (χ0n) is 14.5. The van der Waals surface area contributed by atoms with E-state index >= 15 is 0 Å². The van der Waals surface area contributed by atoms with Crippen molar-refractivity contribution in [2.24, 2.45) is 5.73 Å². The third-order valence-corrected chi connectivity index (χ3v) is 4.24. The Morgan fingerprint density at radius 2 is 1.50 bits per heavy atom. The Kier molecular flexibility index (Phi) is 9.05. The van der Waals surface area contributed by atoms with Crippen LogP contribution in [0, 0.1) is 0 Å². The van der Waals surface area contributed by atoms with Gasteiger partial charge >= 0.3 is 0 Å². The molecule has 130 valence electrons. The molecule has 2 rings (SSSR count). The van der Waals surface area contributed by atoms with Gasteiger partial charge in [-0.05, 0) is 43.7 Å². The number of nitrogens with two attached hydrogens (primary N) is 1. The van der Waals surface area contributed by atoms with E-state index in [-0.39, 0.29) is 0 Å². The zero-order chi connectivity index (χ0) is 16.9.